The summed E-state index contributed by atoms with van der Waals surface area (Å²) in [5.74, 6) is 0.962. The summed E-state index contributed by atoms with van der Waals surface area (Å²) in [6.07, 6.45) is 2.12. The van der Waals surface area contributed by atoms with E-state index in [2.05, 4.69) is 52.7 Å². The molecule has 1 aromatic carbocycles. The van der Waals surface area contributed by atoms with Crippen molar-refractivity contribution < 1.29 is 0 Å². The van der Waals surface area contributed by atoms with Gasteiger partial charge in [0.2, 0.25) is 0 Å². The van der Waals surface area contributed by atoms with E-state index in [0.717, 1.165) is 37.3 Å². The predicted molar refractivity (Wildman–Crippen MR) is 103 cm³/mol. The van der Waals surface area contributed by atoms with Gasteiger partial charge in [0.1, 0.15) is 5.82 Å². The van der Waals surface area contributed by atoms with Crippen molar-refractivity contribution in [1.82, 2.24) is 30.3 Å². The van der Waals surface area contributed by atoms with Crippen LogP contribution in [-0.2, 0) is 6.54 Å². The Morgan fingerprint density at radius 2 is 2.15 bits per heavy atom. The summed E-state index contributed by atoms with van der Waals surface area (Å²) in [6.45, 7) is 6.57. The number of rotatable bonds is 3. The number of halogens is 1. The summed E-state index contributed by atoms with van der Waals surface area (Å²) in [7, 11) is 0. The van der Waals surface area contributed by atoms with Gasteiger partial charge in [0.25, 0.3) is 5.56 Å². The molecule has 0 amide bonds. The first-order valence-corrected chi connectivity index (χ1v) is 8.72. The number of piperidine rings is 1. The monoisotopic (exact) mass is 374 g/mol. The summed E-state index contributed by atoms with van der Waals surface area (Å²) in [5.41, 5.74) is 4.20. The van der Waals surface area contributed by atoms with Gasteiger partial charge in [0.15, 0.2) is 11.2 Å². The van der Waals surface area contributed by atoms with Crippen molar-refractivity contribution in [3.63, 3.8) is 0 Å². The van der Waals surface area contributed by atoms with E-state index in [0.29, 0.717) is 17.7 Å². The van der Waals surface area contributed by atoms with Gasteiger partial charge in [-0.15, -0.1) is 17.5 Å². The highest BCUT2D eigenvalue weighted by molar-refractivity contribution is 5.85. The molecule has 1 fully saturated rings. The van der Waals surface area contributed by atoms with E-state index in [-0.39, 0.29) is 23.9 Å². The zero-order valence-electron chi connectivity index (χ0n) is 15.0. The Morgan fingerprint density at radius 1 is 1.31 bits per heavy atom. The molecule has 26 heavy (non-hydrogen) atoms. The number of hydrogen-bond donors (Lipinski definition) is 2. The molecule has 4 rings (SSSR count). The second kappa shape index (κ2) is 7.55. The number of H-pyrrole nitrogens is 1. The van der Waals surface area contributed by atoms with Crippen LogP contribution in [0.25, 0.3) is 11.2 Å². The molecule has 1 saturated heterocycles. The average molecular weight is 375 g/mol. The van der Waals surface area contributed by atoms with Crippen LogP contribution < -0.4 is 10.9 Å². The van der Waals surface area contributed by atoms with E-state index in [1.165, 1.54) is 11.1 Å². The van der Waals surface area contributed by atoms with Crippen LogP contribution in [0.3, 0.4) is 0 Å². The van der Waals surface area contributed by atoms with Crippen molar-refractivity contribution in [2.24, 2.45) is 0 Å². The number of hydrogen-bond acceptors (Lipinski definition) is 5. The number of nitrogens with zero attached hydrogens (tertiary/aromatic N) is 4. The standard InChI is InChI=1S/C18H22N6O.ClH/c1-11-5-6-12(2)14(8-11)10-24-17-15(22-23-24)18(25)21-16(20-17)13-4-3-7-19-9-13;/h5-6,8,13,19H,3-4,7,9-10H2,1-2H3,(H,20,21,25);1H. The average Bonchev–Trinajstić information content (AvgIpc) is 3.02. The van der Waals surface area contributed by atoms with Crippen LogP contribution in [0.2, 0.25) is 0 Å². The molecule has 2 aromatic heterocycles. The van der Waals surface area contributed by atoms with E-state index in [9.17, 15) is 4.79 Å². The highest BCUT2D eigenvalue weighted by Gasteiger charge is 2.20. The Morgan fingerprint density at radius 3 is 2.92 bits per heavy atom. The molecule has 3 aromatic rings. The van der Waals surface area contributed by atoms with E-state index in [4.69, 9.17) is 4.98 Å². The molecule has 3 heterocycles. The molecule has 0 spiro atoms. The second-order valence-electron chi connectivity index (χ2n) is 6.84. The molecule has 2 N–H and O–H groups in total. The maximum absolute atomic E-state index is 12.4. The lowest BCUT2D eigenvalue weighted by molar-refractivity contribution is 0.446. The lowest BCUT2D eigenvalue weighted by atomic mass is 9.99. The summed E-state index contributed by atoms with van der Waals surface area (Å²) in [6, 6.07) is 6.33. The normalized spacial score (nSPS) is 17.2. The number of nitrogens with one attached hydrogen (secondary N) is 2. The Bertz CT molecular complexity index is 973. The number of fused-ring (bicyclic) bond motifs is 1. The third kappa shape index (κ3) is 3.50. The van der Waals surface area contributed by atoms with Gasteiger partial charge in [0, 0.05) is 12.5 Å². The molecular formula is C18H23ClN6O. The van der Waals surface area contributed by atoms with Crippen molar-refractivity contribution in [2.75, 3.05) is 13.1 Å². The fourth-order valence-corrected chi connectivity index (χ4v) is 3.40. The third-order valence-electron chi connectivity index (χ3n) is 4.90. The molecular weight excluding hydrogens is 352 g/mol. The van der Waals surface area contributed by atoms with Gasteiger partial charge in [-0.1, -0.05) is 29.0 Å². The van der Waals surface area contributed by atoms with Crippen molar-refractivity contribution >= 4 is 23.6 Å². The van der Waals surface area contributed by atoms with Crippen molar-refractivity contribution in [3.8, 4) is 0 Å². The van der Waals surface area contributed by atoms with E-state index < -0.39 is 0 Å². The van der Waals surface area contributed by atoms with Crippen LogP contribution in [0, 0.1) is 13.8 Å². The molecule has 8 heteroatoms. The first-order valence-electron chi connectivity index (χ1n) is 8.72. The first kappa shape index (κ1) is 18.5. The Labute approximate surface area is 157 Å². The highest BCUT2D eigenvalue weighted by Crippen LogP contribution is 2.20. The number of aromatic amines is 1. The molecule has 0 radical (unpaired) electrons. The summed E-state index contributed by atoms with van der Waals surface area (Å²) in [4.78, 5) is 20.0. The minimum atomic E-state index is -0.210. The molecule has 0 bridgehead atoms. The summed E-state index contributed by atoms with van der Waals surface area (Å²) < 4.78 is 1.73. The van der Waals surface area contributed by atoms with Gasteiger partial charge in [-0.2, -0.15) is 0 Å². The second-order valence-corrected chi connectivity index (χ2v) is 6.84. The minimum absolute atomic E-state index is 0. The zero-order valence-corrected chi connectivity index (χ0v) is 15.8. The maximum atomic E-state index is 12.4. The molecule has 0 saturated carbocycles. The quantitative estimate of drug-likeness (QED) is 0.732. The van der Waals surface area contributed by atoms with E-state index in [1.807, 2.05) is 0 Å². The van der Waals surface area contributed by atoms with Gasteiger partial charge in [-0.3, -0.25) is 4.79 Å². The lowest BCUT2D eigenvalue weighted by Gasteiger charge is -2.21. The Balaban J connectivity index is 0.00000196. The van der Waals surface area contributed by atoms with Gasteiger partial charge in [-0.25, -0.2) is 9.67 Å². The van der Waals surface area contributed by atoms with Crippen molar-refractivity contribution in [3.05, 3.63) is 51.1 Å². The van der Waals surface area contributed by atoms with Crippen LogP contribution in [0.15, 0.2) is 23.0 Å². The lowest BCUT2D eigenvalue weighted by Crippen LogP contribution is -2.30. The Kier molecular flexibility index (Phi) is 5.38. The molecule has 0 aliphatic carbocycles. The summed E-state index contributed by atoms with van der Waals surface area (Å²) in [5, 5.41) is 11.6. The SMILES string of the molecule is Cc1ccc(C)c(Cn2nnc3c(=O)[nH]c(C4CCCNC4)nc32)c1.Cl. The molecule has 1 unspecified atom stereocenters. The zero-order chi connectivity index (χ0) is 17.4. The maximum Gasteiger partial charge on any atom is 0.281 e. The summed E-state index contributed by atoms with van der Waals surface area (Å²) >= 11 is 0. The van der Waals surface area contributed by atoms with E-state index >= 15 is 0 Å². The topological polar surface area (TPSA) is 88.5 Å². The van der Waals surface area contributed by atoms with E-state index in [1.54, 1.807) is 4.68 Å². The van der Waals surface area contributed by atoms with Crippen LogP contribution in [0.1, 0.15) is 41.3 Å². The largest absolute Gasteiger partial charge is 0.316 e. The number of aromatic nitrogens is 5. The minimum Gasteiger partial charge on any atom is -0.316 e. The first-order chi connectivity index (χ1) is 12.1. The van der Waals surface area contributed by atoms with Gasteiger partial charge >= 0.3 is 0 Å². The van der Waals surface area contributed by atoms with Gasteiger partial charge < -0.3 is 10.3 Å². The van der Waals surface area contributed by atoms with Crippen LogP contribution in [-0.4, -0.2) is 38.1 Å². The fourth-order valence-electron chi connectivity index (χ4n) is 3.40. The number of aryl methyl sites for hydroxylation is 2. The van der Waals surface area contributed by atoms with Gasteiger partial charge in [-0.05, 0) is 44.4 Å². The van der Waals surface area contributed by atoms with Gasteiger partial charge in [0.05, 0.1) is 6.54 Å². The van der Waals surface area contributed by atoms with Crippen molar-refractivity contribution in [1.29, 1.82) is 0 Å². The molecule has 1 aliphatic heterocycles. The van der Waals surface area contributed by atoms with Crippen LogP contribution in [0.4, 0.5) is 0 Å². The molecule has 138 valence electrons. The van der Waals surface area contributed by atoms with Crippen LogP contribution >= 0.6 is 12.4 Å². The third-order valence-corrected chi connectivity index (χ3v) is 4.90. The molecule has 1 atom stereocenters. The highest BCUT2D eigenvalue weighted by atomic mass is 35.5. The molecule has 1 aliphatic rings. The Hall–Kier alpha value is -2.25. The number of benzene rings is 1. The smallest absolute Gasteiger partial charge is 0.281 e. The van der Waals surface area contributed by atoms with Crippen LogP contribution in [0.5, 0.6) is 0 Å². The van der Waals surface area contributed by atoms with Crippen molar-refractivity contribution in [2.45, 2.75) is 39.2 Å². The molecule has 7 nitrogen and oxygen atoms in total. The predicted octanol–water partition coefficient (Wildman–Crippen LogP) is 2.07. The fraction of sp³-hybridized carbons (Fsp3) is 0.444.